The number of nitrogens with two attached hydrogens (primary N) is 2. The van der Waals surface area contributed by atoms with E-state index in [4.69, 9.17) is 32.0 Å². The molecule has 8 N–H and O–H groups in total. The van der Waals surface area contributed by atoms with Crippen molar-refractivity contribution in [2.75, 3.05) is 14.2 Å². The minimum absolute atomic E-state index is 0.0640. The molecule has 0 saturated carbocycles. The molecule has 2 atom stereocenters. The summed E-state index contributed by atoms with van der Waals surface area (Å²) < 4.78 is 11.6. The highest BCUT2D eigenvalue weighted by molar-refractivity contribution is 6.50. The van der Waals surface area contributed by atoms with Crippen LogP contribution in [-0.4, -0.2) is 59.2 Å². The predicted molar refractivity (Wildman–Crippen MR) is 181 cm³/mol. The Morgan fingerprint density at radius 1 is 0.646 bits per heavy atom. The summed E-state index contributed by atoms with van der Waals surface area (Å²) >= 11 is 0. The maximum Gasteiger partial charge on any atom is 0.319 e. The van der Waals surface area contributed by atoms with Gasteiger partial charge in [0.25, 0.3) is 0 Å². The Bertz CT molecular complexity index is 1960. The summed E-state index contributed by atoms with van der Waals surface area (Å²) in [6, 6.07) is 23.9. The third-order valence-corrected chi connectivity index (χ3v) is 9.45. The second-order valence-corrected chi connectivity index (χ2v) is 11.6. The average molecular weight is 645 g/mol. The minimum atomic E-state index is -1.65. The van der Waals surface area contributed by atoms with Crippen molar-refractivity contribution < 1.29 is 29.3 Å². The number of methoxy groups -OCH3 is 2. The van der Waals surface area contributed by atoms with Gasteiger partial charge in [-0.1, -0.05) is 72.8 Å². The van der Waals surface area contributed by atoms with Crippen LogP contribution in [0.15, 0.2) is 95.1 Å². The standard InChI is InChI=1S/C36H32N6O6/c1-47-29-15-19(11-13-25(29)35(33(43)44)17-27(41-39)31(37)21-7-3-5-9-23(21)35)20-12-14-26(30(16-20)48-2)36(34(45)46)18-28(42-40)32(38)22-8-4-6-10-24(22)36/h3-16,37-38H,17-18,39-40H2,1-2H3,(H,43,44)(H,45,46)/b37-31?,38-32?,41-27-,42-28+. The quantitative estimate of drug-likeness (QED) is 0.126. The second kappa shape index (κ2) is 11.8. The minimum Gasteiger partial charge on any atom is -0.496 e. The highest BCUT2D eigenvalue weighted by Gasteiger charge is 2.52. The Labute approximate surface area is 275 Å². The Hall–Kier alpha value is -6.30. The van der Waals surface area contributed by atoms with Gasteiger partial charge in [0.1, 0.15) is 22.3 Å². The molecular formula is C36H32N6O6. The second-order valence-electron chi connectivity index (χ2n) is 11.6. The van der Waals surface area contributed by atoms with E-state index in [-0.39, 0.29) is 47.2 Å². The Balaban J connectivity index is 1.51. The molecule has 4 aromatic rings. The van der Waals surface area contributed by atoms with Gasteiger partial charge in [0.2, 0.25) is 0 Å². The molecule has 6 rings (SSSR count). The van der Waals surface area contributed by atoms with Crippen LogP contribution in [0, 0.1) is 10.8 Å². The number of benzene rings is 4. The van der Waals surface area contributed by atoms with Crippen molar-refractivity contribution in [3.63, 3.8) is 0 Å². The molecule has 2 aliphatic rings. The molecule has 0 aromatic heterocycles. The van der Waals surface area contributed by atoms with Gasteiger partial charge < -0.3 is 31.4 Å². The van der Waals surface area contributed by atoms with Crippen molar-refractivity contribution in [3.05, 3.63) is 118 Å². The summed E-state index contributed by atoms with van der Waals surface area (Å²) in [5, 5.41) is 46.3. The molecule has 0 bridgehead atoms. The smallest absolute Gasteiger partial charge is 0.319 e. The van der Waals surface area contributed by atoms with Gasteiger partial charge in [-0.25, -0.2) is 0 Å². The fourth-order valence-electron chi connectivity index (χ4n) is 7.09. The Kier molecular flexibility index (Phi) is 7.79. The summed E-state index contributed by atoms with van der Waals surface area (Å²) in [4.78, 5) is 26.4. The number of fused-ring (bicyclic) bond motifs is 2. The first-order valence-corrected chi connectivity index (χ1v) is 14.8. The molecule has 0 fully saturated rings. The van der Waals surface area contributed by atoms with Gasteiger partial charge in [-0.2, -0.15) is 10.2 Å². The lowest BCUT2D eigenvalue weighted by Crippen LogP contribution is -2.46. The molecule has 0 radical (unpaired) electrons. The molecule has 0 amide bonds. The number of rotatable bonds is 7. The molecule has 2 aliphatic carbocycles. The van der Waals surface area contributed by atoms with E-state index in [1.165, 1.54) is 14.2 Å². The Morgan fingerprint density at radius 2 is 1.02 bits per heavy atom. The number of nitrogens with zero attached hydrogens (tertiary/aromatic N) is 2. The van der Waals surface area contributed by atoms with Gasteiger partial charge in [0, 0.05) is 35.1 Å². The summed E-state index contributed by atoms with van der Waals surface area (Å²) in [7, 11) is 2.89. The summed E-state index contributed by atoms with van der Waals surface area (Å²) in [5.41, 5.74) is 0.794. The third kappa shape index (κ3) is 4.44. The van der Waals surface area contributed by atoms with Crippen LogP contribution in [-0.2, 0) is 20.4 Å². The zero-order chi connectivity index (χ0) is 34.4. The SMILES string of the molecule is COc1cc(-c2ccc(C3(C(=O)O)C/C(=N\N)C(=N)c4ccccc43)c(OC)c2)ccc1C1(C(=O)O)C/C(=N/N)C(=N)c2ccccc21. The van der Waals surface area contributed by atoms with Crippen LogP contribution in [0.3, 0.4) is 0 Å². The third-order valence-electron chi connectivity index (χ3n) is 9.45. The first-order valence-electron chi connectivity index (χ1n) is 14.8. The largest absolute Gasteiger partial charge is 0.496 e. The number of hydrogen-bond donors (Lipinski definition) is 6. The van der Waals surface area contributed by atoms with E-state index in [2.05, 4.69) is 10.2 Å². The van der Waals surface area contributed by atoms with Crippen LogP contribution in [0.4, 0.5) is 0 Å². The predicted octanol–water partition coefficient (Wildman–Crippen LogP) is 4.28. The van der Waals surface area contributed by atoms with Crippen LogP contribution in [0.2, 0.25) is 0 Å². The number of carbonyl (C=O) groups is 2. The average Bonchev–Trinajstić information content (AvgIpc) is 3.11. The molecule has 242 valence electrons. The molecule has 0 heterocycles. The molecule has 12 nitrogen and oxygen atoms in total. The molecule has 0 aliphatic heterocycles. The summed E-state index contributed by atoms with van der Waals surface area (Å²) in [6.45, 7) is 0. The Morgan fingerprint density at radius 3 is 1.35 bits per heavy atom. The lowest BCUT2D eigenvalue weighted by molar-refractivity contribution is -0.143. The van der Waals surface area contributed by atoms with Gasteiger partial charge >= 0.3 is 11.9 Å². The van der Waals surface area contributed by atoms with E-state index in [0.717, 1.165) is 0 Å². The van der Waals surface area contributed by atoms with E-state index >= 15 is 0 Å². The highest BCUT2D eigenvalue weighted by Crippen LogP contribution is 2.49. The first kappa shape index (κ1) is 31.7. The molecule has 12 heteroatoms. The van der Waals surface area contributed by atoms with Crippen LogP contribution >= 0.6 is 0 Å². The number of hydrazone groups is 2. The van der Waals surface area contributed by atoms with Crippen LogP contribution in [0.25, 0.3) is 11.1 Å². The van der Waals surface area contributed by atoms with E-state index in [1.807, 2.05) is 0 Å². The number of ether oxygens (including phenoxy) is 2. The van der Waals surface area contributed by atoms with Gasteiger partial charge in [-0.05, 0) is 34.4 Å². The van der Waals surface area contributed by atoms with Crippen LogP contribution in [0.1, 0.15) is 46.2 Å². The number of carboxylic acids is 2. The zero-order valence-electron chi connectivity index (χ0n) is 26.1. The highest BCUT2D eigenvalue weighted by atomic mass is 16.5. The number of aliphatic carboxylic acids is 2. The summed E-state index contributed by atoms with van der Waals surface area (Å²) in [5.74, 6) is 9.54. The molecular weight excluding hydrogens is 612 g/mol. The number of nitrogens with one attached hydrogen (secondary N) is 2. The zero-order valence-corrected chi connectivity index (χ0v) is 26.1. The van der Waals surface area contributed by atoms with Crippen molar-refractivity contribution in [3.8, 4) is 22.6 Å². The van der Waals surface area contributed by atoms with Crippen molar-refractivity contribution in [1.82, 2.24) is 0 Å². The van der Waals surface area contributed by atoms with Crippen LogP contribution in [0.5, 0.6) is 11.5 Å². The van der Waals surface area contributed by atoms with Crippen molar-refractivity contribution >= 4 is 34.8 Å². The molecule has 48 heavy (non-hydrogen) atoms. The number of hydrogen-bond acceptors (Lipinski definition) is 10. The fourth-order valence-corrected chi connectivity index (χ4v) is 7.09. The van der Waals surface area contributed by atoms with Crippen LogP contribution < -0.4 is 21.2 Å². The van der Waals surface area contributed by atoms with E-state index in [9.17, 15) is 19.8 Å². The lowest BCUT2D eigenvalue weighted by Gasteiger charge is -2.37. The first-order chi connectivity index (χ1) is 23.1. The van der Waals surface area contributed by atoms with Gasteiger partial charge in [-0.3, -0.25) is 20.4 Å². The maximum absolute atomic E-state index is 13.2. The van der Waals surface area contributed by atoms with E-state index in [1.54, 1.807) is 84.9 Å². The van der Waals surface area contributed by atoms with Crippen molar-refractivity contribution in [2.45, 2.75) is 23.7 Å². The van der Waals surface area contributed by atoms with Gasteiger partial charge in [-0.15, -0.1) is 0 Å². The van der Waals surface area contributed by atoms with Crippen molar-refractivity contribution in [1.29, 1.82) is 10.8 Å². The number of carboxylic acid groups (broad SMARTS) is 2. The molecule has 4 aromatic carbocycles. The maximum atomic E-state index is 13.2. The van der Waals surface area contributed by atoms with Gasteiger partial charge in [0.15, 0.2) is 0 Å². The normalized spacial score (nSPS) is 21.8. The summed E-state index contributed by atoms with van der Waals surface area (Å²) in [6.07, 6.45) is -0.311. The topological polar surface area (TPSA) is 218 Å². The monoisotopic (exact) mass is 644 g/mol. The molecule has 0 spiro atoms. The van der Waals surface area contributed by atoms with Crippen molar-refractivity contribution in [2.24, 2.45) is 21.9 Å². The van der Waals surface area contributed by atoms with Gasteiger partial charge in [0.05, 0.1) is 37.1 Å². The lowest BCUT2D eigenvalue weighted by atomic mass is 9.64. The molecule has 2 unspecified atom stereocenters. The molecule has 0 saturated heterocycles. The van der Waals surface area contributed by atoms with E-state index in [0.29, 0.717) is 44.5 Å². The van der Waals surface area contributed by atoms with E-state index < -0.39 is 22.8 Å². The fraction of sp³-hybridized carbons (Fsp3) is 0.167.